The van der Waals surface area contributed by atoms with E-state index in [1.807, 2.05) is 24.9 Å². The summed E-state index contributed by atoms with van der Waals surface area (Å²) in [6.45, 7) is 5.59. The second-order valence-corrected chi connectivity index (χ2v) is 17.5. The lowest BCUT2D eigenvalue weighted by Crippen LogP contribution is -2.54. The summed E-state index contributed by atoms with van der Waals surface area (Å²) >= 11 is 0. The number of carbonyl (C=O) groups excluding carboxylic acids is 4. The number of amides is 4. The molecule has 2 aliphatic carbocycles. The third-order valence-corrected chi connectivity index (χ3v) is 13.6. The zero-order valence-corrected chi connectivity index (χ0v) is 36.0. The molecule has 61 heavy (non-hydrogen) atoms. The lowest BCUT2D eigenvalue weighted by atomic mass is 9.74. The maximum Gasteiger partial charge on any atom is 0.425 e. The SMILES string of the molecule is COC(=O)NC(C(=O)N1CCCC1c1[nH]c(-c2ccc(-c3ccc(C4=CN=C(C5CCCC[C@@H]5C(=O)N(NC(=O)OC)C(C)C)C4)cc3)cc2)c2c1CCC2)C1CCOCC1. The number of hydrazine groups is 1. The summed E-state index contributed by atoms with van der Waals surface area (Å²) < 4.78 is 15.3. The summed E-state index contributed by atoms with van der Waals surface area (Å²) in [5, 5.41) is 4.30. The molecule has 5 aliphatic rings. The van der Waals surface area contributed by atoms with Crippen molar-refractivity contribution in [3.63, 3.8) is 0 Å². The number of fused-ring (bicyclic) bond motifs is 1. The van der Waals surface area contributed by atoms with E-state index >= 15 is 0 Å². The summed E-state index contributed by atoms with van der Waals surface area (Å²) in [5.41, 5.74) is 14.3. The third-order valence-electron chi connectivity index (χ3n) is 13.6. The van der Waals surface area contributed by atoms with Crippen molar-refractivity contribution < 1.29 is 33.4 Å². The fourth-order valence-electron chi connectivity index (χ4n) is 10.4. The van der Waals surface area contributed by atoms with Crippen molar-refractivity contribution >= 4 is 35.3 Å². The molecule has 8 rings (SSSR count). The topological polar surface area (TPSA) is 155 Å². The van der Waals surface area contributed by atoms with Crippen LogP contribution in [-0.2, 0) is 36.6 Å². The molecule has 0 bridgehead atoms. The van der Waals surface area contributed by atoms with Gasteiger partial charge >= 0.3 is 12.2 Å². The largest absolute Gasteiger partial charge is 0.453 e. The van der Waals surface area contributed by atoms with Crippen molar-refractivity contribution in [1.82, 2.24) is 25.6 Å². The van der Waals surface area contributed by atoms with Gasteiger partial charge in [-0.25, -0.2) is 20.0 Å². The molecule has 13 nitrogen and oxygen atoms in total. The number of methoxy groups -OCH3 is 2. The van der Waals surface area contributed by atoms with E-state index in [9.17, 15) is 19.2 Å². The maximum atomic E-state index is 14.3. The minimum absolute atomic E-state index is 0.00214. The van der Waals surface area contributed by atoms with Crippen LogP contribution in [0.15, 0.2) is 59.7 Å². The van der Waals surface area contributed by atoms with Crippen LogP contribution in [0, 0.1) is 17.8 Å². The molecule has 3 aromatic rings. The van der Waals surface area contributed by atoms with Crippen LogP contribution < -0.4 is 10.7 Å². The van der Waals surface area contributed by atoms with E-state index in [-0.39, 0.29) is 41.7 Å². The molecule has 3 aliphatic heterocycles. The van der Waals surface area contributed by atoms with Crippen molar-refractivity contribution in [1.29, 1.82) is 0 Å². The molecule has 3 unspecified atom stereocenters. The molecule has 4 atom stereocenters. The minimum Gasteiger partial charge on any atom is -0.453 e. The van der Waals surface area contributed by atoms with Gasteiger partial charge < -0.3 is 29.4 Å². The van der Waals surface area contributed by atoms with Gasteiger partial charge in [-0.2, -0.15) is 0 Å². The van der Waals surface area contributed by atoms with Crippen LogP contribution in [0.4, 0.5) is 9.59 Å². The number of allylic oxidation sites excluding steroid dienone is 1. The molecule has 3 fully saturated rings. The maximum absolute atomic E-state index is 14.3. The van der Waals surface area contributed by atoms with E-state index in [0.29, 0.717) is 26.2 Å². The van der Waals surface area contributed by atoms with Crippen molar-refractivity contribution in [3.05, 3.63) is 77.1 Å². The number of hydrogen-bond donors (Lipinski definition) is 3. The molecule has 2 saturated heterocycles. The van der Waals surface area contributed by atoms with Crippen LogP contribution in [0.3, 0.4) is 0 Å². The summed E-state index contributed by atoms with van der Waals surface area (Å²) in [6.07, 6.45) is 11.4. The van der Waals surface area contributed by atoms with Gasteiger partial charge in [-0.05, 0) is 117 Å². The van der Waals surface area contributed by atoms with Crippen LogP contribution in [0.2, 0.25) is 0 Å². The molecular weight excluding hydrogens is 773 g/mol. The number of rotatable bonds is 10. The van der Waals surface area contributed by atoms with E-state index in [1.54, 1.807) is 0 Å². The monoisotopic (exact) mass is 832 g/mol. The highest BCUT2D eigenvalue weighted by Crippen LogP contribution is 2.43. The summed E-state index contributed by atoms with van der Waals surface area (Å²) in [6, 6.07) is 16.5. The summed E-state index contributed by atoms with van der Waals surface area (Å²) in [7, 11) is 2.63. The number of carbonyl (C=O) groups is 4. The molecular formula is C48H60N6O7. The van der Waals surface area contributed by atoms with Gasteiger partial charge in [0.05, 0.1) is 20.3 Å². The number of aromatic amines is 1. The predicted octanol–water partition coefficient (Wildman–Crippen LogP) is 8.15. The highest BCUT2D eigenvalue weighted by atomic mass is 16.5. The number of ether oxygens (including phenoxy) is 3. The third kappa shape index (κ3) is 8.85. The van der Waals surface area contributed by atoms with E-state index in [1.165, 1.54) is 30.4 Å². The average molecular weight is 833 g/mol. The van der Waals surface area contributed by atoms with Crippen LogP contribution in [0.1, 0.15) is 106 Å². The number of likely N-dealkylation sites (tertiary alicyclic amines) is 1. The number of nitrogens with zero attached hydrogens (tertiary/aromatic N) is 3. The van der Waals surface area contributed by atoms with E-state index in [2.05, 4.69) is 64.3 Å². The quantitative estimate of drug-likeness (QED) is 0.174. The molecule has 0 spiro atoms. The van der Waals surface area contributed by atoms with Gasteiger partial charge in [0, 0.05) is 67.4 Å². The first kappa shape index (κ1) is 42.3. The number of nitrogens with one attached hydrogen (secondary N) is 3. The Labute approximate surface area is 358 Å². The number of H-pyrrole nitrogens is 1. The molecule has 4 amide bonds. The first-order valence-electron chi connectivity index (χ1n) is 22.3. The number of aromatic nitrogens is 1. The minimum atomic E-state index is -0.649. The number of benzene rings is 2. The fourth-order valence-corrected chi connectivity index (χ4v) is 10.4. The van der Waals surface area contributed by atoms with Crippen LogP contribution in [0.5, 0.6) is 0 Å². The highest BCUT2D eigenvalue weighted by molar-refractivity contribution is 6.02. The van der Waals surface area contributed by atoms with Crippen LogP contribution >= 0.6 is 0 Å². The number of alkyl carbamates (subject to hydrolysis) is 1. The molecule has 1 aromatic heterocycles. The summed E-state index contributed by atoms with van der Waals surface area (Å²) in [4.78, 5) is 63.2. The molecule has 0 radical (unpaired) electrons. The van der Waals surface area contributed by atoms with Gasteiger partial charge in [-0.3, -0.25) is 14.6 Å². The Morgan fingerprint density at radius 1 is 0.803 bits per heavy atom. The second kappa shape index (κ2) is 18.7. The predicted molar refractivity (Wildman–Crippen MR) is 233 cm³/mol. The second-order valence-electron chi connectivity index (χ2n) is 17.5. The van der Waals surface area contributed by atoms with Gasteiger partial charge in [0.2, 0.25) is 11.8 Å². The molecule has 4 heterocycles. The standard InChI is InChI=1S/C48H60N6O7/c1-29(2)54(52-48(58)60-4)45(55)39-10-6-5-9-36(39)40-27-35(28-49-40)32-16-14-30(15-17-32)31-18-20-33(21-19-31)42-37-11-7-12-38(37)44(50-42)41-13-8-24-53(41)46(56)43(51-47(57)59-3)34-22-25-61-26-23-34/h14-21,28-29,34,36,39,41,43,50H,5-13,22-27H2,1-4H3,(H,51,57)(H,52,58)/t36?,39-,41?,43?/m0/s1. The van der Waals surface area contributed by atoms with Crippen LogP contribution in [0.25, 0.3) is 28.0 Å². The van der Waals surface area contributed by atoms with Crippen molar-refractivity contribution in [2.75, 3.05) is 34.0 Å². The number of hydrogen-bond acceptors (Lipinski definition) is 8. The normalized spacial score (nSPS) is 22.0. The van der Waals surface area contributed by atoms with Crippen molar-refractivity contribution in [2.24, 2.45) is 22.7 Å². The first-order chi connectivity index (χ1) is 29.6. The molecule has 1 saturated carbocycles. The number of aliphatic imine (C=N–C) groups is 1. The Kier molecular flexibility index (Phi) is 12.9. The lowest BCUT2D eigenvalue weighted by molar-refractivity contribution is -0.142. The fraction of sp³-hybridized carbons (Fsp3) is 0.521. The first-order valence-corrected chi connectivity index (χ1v) is 22.3. The van der Waals surface area contributed by atoms with Gasteiger partial charge in [0.25, 0.3) is 0 Å². The molecule has 324 valence electrons. The Balaban J connectivity index is 0.941. The molecule has 2 aromatic carbocycles. The van der Waals surface area contributed by atoms with E-state index < -0.39 is 18.2 Å². The smallest absolute Gasteiger partial charge is 0.425 e. The average Bonchev–Trinajstić information content (AvgIpc) is 4.13. The van der Waals surface area contributed by atoms with Crippen LogP contribution in [-0.4, -0.2) is 90.7 Å². The van der Waals surface area contributed by atoms with E-state index in [0.717, 1.165) is 116 Å². The van der Waals surface area contributed by atoms with E-state index in [4.69, 9.17) is 19.2 Å². The summed E-state index contributed by atoms with van der Waals surface area (Å²) in [5.74, 6) is -0.347. The molecule has 13 heteroatoms. The van der Waals surface area contributed by atoms with Crippen molar-refractivity contribution in [3.8, 4) is 22.4 Å². The van der Waals surface area contributed by atoms with Gasteiger partial charge in [0.15, 0.2) is 0 Å². The zero-order chi connectivity index (χ0) is 42.6. The van der Waals surface area contributed by atoms with Gasteiger partial charge in [-0.15, -0.1) is 0 Å². The Bertz CT molecular complexity index is 2150. The van der Waals surface area contributed by atoms with Gasteiger partial charge in [0.1, 0.15) is 6.04 Å². The Morgan fingerprint density at radius 2 is 1.46 bits per heavy atom. The zero-order valence-electron chi connectivity index (χ0n) is 36.0. The lowest BCUT2D eigenvalue weighted by Gasteiger charge is -2.36. The Hall–Kier alpha value is -5.43. The Morgan fingerprint density at radius 3 is 2.15 bits per heavy atom. The highest BCUT2D eigenvalue weighted by Gasteiger charge is 2.42. The van der Waals surface area contributed by atoms with Gasteiger partial charge in [-0.1, -0.05) is 61.4 Å². The van der Waals surface area contributed by atoms with Crippen molar-refractivity contribution in [2.45, 2.75) is 109 Å². The molecule has 3 N–H and O–H groups in total.